The van der Waals surface area contributed by atoms with Gasteiger partial charge in [-0.25, -0.2) is 0 Å². The standard InChI is InChI=1S/C17H29NO2/c1-13(2)7-5-8-14(3)9-6-10-15(4)11-16(18)12-17(19)20/h7,9,11,16H,5-6,8,10,12,18H2,1-4H3,(H,19,20)/b14-9+,15-11+. The van der Waals surface area contributed by atoms with Crippen LogP contribution in [0.15, 0.2) is 34.9 Å². The predicted octanol–water partition coefficient (Wildman–Crippen LogP) is 4.21. The first kappa shape index (κ1) is 18.7. The van der Waals surface area contributed by atoms with Crippen LogP contribution in [0.5, 0.6) is 0 Å². The summed E-state index contributed by atoms with van der Waals surface area (Å²) < 4.78 is 0. The molecule has 0 saturated heterocycles. The first-order valence-electron chi connectivity index (χ1n) is 7.25. The molecule has 3 heteroatoms. The molecule has 0 radical (unpaired) electrons. The lowest BCUT2D eigenvalue weighted by molar-refractivity contribution is -0.137. The molecule has 3 nitrogen and oxygen atoms in total. The Bertz CT molecular complexity index is 388. The molecule has 0 heterocycles. The van der Waals surface area contributed by atoms with Crippen LogP contribution < -0.4 is 5.73 Å². The van der Waals surface area contributed by atoms with Crippen LogP contribution >= 0.6 is 0 Å². The van der Waals surface area contributed by atoms with E-state index in [4.69, 9.17) is 10.8 Å². The van der Waals surface area contributed by atoms with Gasteiger partial charge in [-0.15, -0.1) is 0 Å². The van der Waals surface area contributed by atoms with Crippen molar-refractivity contribution in [2.75, 3.05) is 0 Å². The van der Waals surface area contributed by atoms with E-state index in [1.165, 1.54) is 11.1 Å². The average molecular weight is 279 g/mol. The molecular weight excluding hydrogens is 250 g/mol. The van der Waals surface area contributed by atoms with E-state index in [2.05, 4.69) is 32.9 Å². The molecule has 0 amide bonds. The highest BCUT2D eigenvalue weighted by molar-refractivity contribution is 5.67. The molecule has 0 aromatic rings. The van der Waals surface area contributed by atoms with Crippen molar-refractivity contribution in [2.45, 2.75) is 65.8 Å². The minimum atomic E-state index is -0.850. The summed E-state index contributed by atoms with van der Waals surface area (Å²) in [4.78, 5) is 10.5. The summed E-state index contributed by atoms with van der Waals surface area (Å²) in [5, 5.41) is 8.64. The predicted molar refractivity (Wildman–Crippen MR) is 85.6 cm³/mol. The van der Waals surface area contributed by atoms with Gasteiger partial charge in [0.05, 0.1) is 6.42 Å². The molecule has 0 bridgehead atoms. The van der Waals surface area contributed by atoms with Crippen LogP contribution in [-0.4, -0.2) is 17.1 Å². The lowest BCUT2D eigenvalue weighted by Gasteiger charge is -2.05. The highest BCUT2D eigenvalue weighted by Crippen LogP contribution is 2.12. The van der Waals surface area contributed by atoms with Crippen LogP contribution in [0, 0.1) is 0 Å². The molecule has 0 aromatic heterocycles. The Morgan fingerprint density at radius 1 is 1.05 bits per heavy atom. The maximum atomic E-state index is 10.5. The van der Waals surface area contributed by atoms with Crippen molar-refractivity contribution in [2.24, 2.45) is 5.73 Å². The second kappa shape index (κ2) is 10.4. The van der Waals surface area contributed by atoms with E-state index >= 15 is 0 Å². The van der Waals surface area contributed by atoms with E-state index in [1.807, 2.05) is 13.0 Å². The number of aliphatic carboxylic acids is 1. The van der Waals surface area contributed by atoms with E-state index in [0.29, 0.717) is 0 Å². The van der Waals surface area contributed by atoms with Crippen molar-refractivity contribution in [3.05, 3.63) is 34.9 Å². The zero-order valence-electron chi connectivity index (χ0n) is 13.3. The number of allylic oxidation sites excluding steroid dienone is 5. The third-order valence-electron chi connectivity index (χ3n) is 3.03. The van der Waals surface area contributed by atoms with Crippen molar-refractivity contribution < 1.29 is 9.90 Å². The van der Waals surface area contributed by atoms with Crippen molar-refractivity contribution in [3.63, 3.8) is 0 Å². The van der Waals surface area contributed by atoms with Gasteiger partial charge in [0.2, 0.25) is 0 Å². The molecule has 0 fully saturated rings. The third-order valence-corrected chi connectivity index (χ3v) is 3.03. The number of carboxylic acid groups (broad SMARTS) is 1. The number of carbonyl (C=O) groups is 1. The van der Waals surface area contributed by atoms with Gasteiger partial charge in [-0.3, -0.25) is 4.79 Å². The summed E-state index contributed by atoms with van der Waals surface area (Å²) in [5.74, 6) is -0.850. The molecule has 0 aromatic carbocycles. The molecular formula is C17H29NO2. The highest BCUT2D eigenvalue weighted by atomic mass is 16.4. The maximum Gasteiger partial charge on any atom is 0.305 e. The quantitative estimate of drug-likeness (QED) is 0.621. The maximum absolute atomic E-state index is 10.5. The summed E-state index contributed by atoms with van der Waals surface area (Å²) in [6, 6.07) is -0.379. The smallest absolute Gasteiger partial charge is 0.305 e. The van der Waals surface area contributed by atoms with E-state index in [0.717, 1.165) is 31.3 Å². The van der Waals surface area contributed by atoms with Gasteiger partial charge in [0.15, 0.2) is 0 Å². The third kappa shape index (κ3) is 11.7. The Labute approximate surface area is 123 Å². The normalized spacial score (nSPS) is 14.1. The monoisotopic (exact) mass is 279 g/mol. The fourth-order valence-corrected chi connectivity index (χ4v) is 1.95. The van der Waals surface area contributed by atoms with Gasteiger partial charge in [0, 0.05) is 6.04 Å². The topological polar surface area (TPSA) is 63.3 Å². The van der Waals surface area contributed by atoms with Gasteiger partial charge in [0.1, 0.15) is 0 Å². The van der Waals surface area contributed by atoms with Gasteiger partial charge >= 0.3 is 5.97 Å². The van der Waals surface area contributed by atoms with Crippen LogP contribution in [0.1, 0.15) is 59.8 Å². The van der Waals surface area contributed by atoms with Crippen LogP contribution in [0.25, 0.3) is 0 Å². The molecule has 20 heavy (non-hydrogen) atoms. The average Bonchev–Trinajstić information content (AvgIpc) is 2.26. The molecule has 0 saturated carbocycles. The number of rotatable bonds is 9. The first-order chi connectivity index (χ1) is 9.31. The number of nitrogens with two attached hydrogens (primary N) is 1. The second-order valence-electron chi connectivity index (χ2n) is 5.68. The van der Waals surface area contributed by atoms with Gasteiger partial charge in [-0.1, -0.05) is 34.9 Å². The molecule has 0 spiro atoms. The summed E-state index contributed by atoms with van der Waals surface area (Å²) in [6.07, 6.45) is 10.5. The van der Waals surface area contributed by atoms with E-state index < -0.39 is 5.97 Å². The number of hydrogen-bond donors (Lipinski definition) is 2. The molecule has 3 N–H and O–H groups in total. The Balaban J connectivity index is 4.05. The molecule has 1 unspecified atom stereocenters. The Hall–Kier alpha value is -1.35. The van der Waals surface area contributed by atoms with Crippen molar-refractivity contribution in [1.29, 1.82) is 0 Å². The SMILES string of the molecule is CC(C)=CCC/C(C)=C/CC/C(C)=C/C(N)CC(=O)O. The fraction of sp³-hybridized carbons (Fsp3) is 0.588. The second-order valence-corrected chi connectivity index (χ2v) is 5.68. The fourth-order valence-electron chi connectivity index (χ4n) is 1.95. The minimum absolute atomic E-state index is 0.00505. The summed E-state index contributed by atoms with van der Waals surface area (Å²) in [6.45, 7) is 8.41. The van der Waals surface area contributed by atoms with Gasteiger partial charge in [-0.2, -0.15) is 0 Å². The first-order valence-corrected chi connectivity index (χ1v) is 7.25. The Kier molecular flexibility index (Phi) is 9.73. The lowest BCUT2D eigenvalue weighted by Crippen LogP contribution is -2.21. The Morgan fingerprint density at radius 2 is 1.60 bits per heavy atom. The van der Waals surface area contributed by atoms with Crippen LogP contribution in [-0.2, 0) is 4.79 Å². The zero-order valence-corrected chi connectivity index (χ0v) is 13.3. The molecule has 0 aliphatic rings. The molecule has 1 atom stereocenters. The van der Waals surface area contributed by atoms with E-state index in [9.17, 15) is 4.79 Å². The Morgan fingerprint density at radius 3 is 2.15 bits per heavy atom. The van der Waals surface area contributed by atoms with Crippen molar-refractivity contribution >= 4 is 5.97 Å². The van der Waals surface area contributed by atoms with Crippen LogP contribution in [0.2, 0.25) is 0 Å². The molecule has 114 valence electrons. The van der Waals surface area contributed by atoms with E-state index in [-0.39, 0.29) is 12.5 Å². The zero-order chi connectivity index (χ0) is 15.5. The molecule has 0 aliphatic heterocycles. The summed E-state index contributed by atoms with van der Waals surface area (Å²) in [5.41, 5.74) is 9.65. The van der Waals surface area contributed by atoms with E-state index in [1.54, 1.807) is 0 Å². The van der Waals surface area contributed by atoms with Crippen molar-refractivity contribution in [3.8, 4) is 0 Å². The molecule has 0 rings (SSSR count). The van der Waals surface area contributed by atoms with Crippen molar-refractivity contribution in [1.82, 2.24) is 0 Å². The molecule has 0 aliphatic carbocycles. The lowest BCUT2D eigenvalue weighted by atomic mass is 10.0. The highest BCUT2D eigenvalue weighted by Gasteiger charge is 2.04. The van der Waals surface area contributed by atoms with Gasteiger partial charge < -0.3 is 10.8 Å². The largest absolute Gasteiger partial charge is 0.481 e. The van der Waals surface area contributed by atoms with Crippen LogP contribution in [0.3, 0.4) is 0 Å². The van der Waals surface area contributed by atoms with Gasteiger partial charge in [-0.05, 0) is 53.4 Å². The van der Waals surface area contributed by atoms with Crippen LogP contribution in [0.4, 0.5) is 0 Å². The van der Waals surface area contributed by atoms with Gasteiger partial charge in [0.25, 0.3) is 0 Å². The number of hydrogen-bond acceptors (Lipinski definition) is 2. The summed E-state index contributed by atoms with van der Waals surface area (Å²) in [7, 11) is 0. The number of carboxylic acids is 1. The summed E-state index contributed by atoms with van der Waals surface area (Å²) >= 11 is 0. The minimum Gasteiger partial charge on any atom is -0.481 e.